The van der Waals surface area contributed by atoms with Gasteiger partial charge in [0.1, 0.15) is 19.0 Å². The molecule has 1 N–H and O–H groups in total. The fourth-order valence-electron chi connectivity index (χ4n) is 2.97. The maximum atomic E-state index is 12.6. The lowest BCUT2D eigenvalue weighted by atomic mass is 10.0. The van der Waals surface area contributed by atoms with Crippen molar-refractivity contribution in [2.24, 2.45) is 0 Å². The monoisotopic (exact) mass is 341 g/mol. The molecule has 2 aromatic carbocycles. The predicted octanol–water partition coefficient (Wildman–Crippen LogP) is 3.66. The summed E-state index contributed by atoms with van der Waals surface area (Å²) in [5.41, 5.74) is 2.67. The van der Waals surface area contributed by atoms with Crippen LogP contribution in [0.15, 0.2) is 36.4 Å². The maximum Gasteiger partial charge on any atom is 0.251 e. The summed E-state index contributed by atoms with van der Waals surface area (Å²) in [6.45, 7) is 5.08. The Morgan fingerprint density at radius 2 is 1.92 bits per heavy atom. The average Bonchev–Trinajstić information content (AvgIpc) is 2.65. The van der Waals surface area contributed by atoms with E-state index in [-0.39, 0.29) is 11.9 Å². The predicted molar refractivity (Wildman–Crippen MR) is 95.7 cm³/mol. The van der Waals surface area contributed by atoms with Gasteiger partial charge >= 0.3 is 0 Å². The molecular formula is C20H23NO4. The maximum absolute atomic E-state index is 12.6. The highest BCUT2D eigenvalue weighted by atomic mass is 16.6. The summed E-state index contributed by atoms with van der Waals surface area (Å²) in [5, 5.41) is 3.09. The van der Waals surface area contributed by atoms with Gasteiger partial charge in [-0.15, -0.1) is 0 Å². The molecule has 0 aromatic heterocycles. The van der Waals surface area contributed by atoms with Gasteiger partial charge in [-0.25, -0.2) is 0 Å². The SMILES string of the molecule is CC[C@@H](NC(=O)c1ccc2c(c1)OCCO2)c1ccc(OC)c(C)c1. The first-order valence-electron chi connectivity index (χ1n) is 8.47. The molecule has 0 unspecified atom stereocenters. The zero-order valence-electron chi connectivity index (χ0n) is 14.8. The highest BCUT2D eigenvalue weighted by molar-refractivity contribution is 5.95. The Kier molecular flexibility index (Phi) is 5.12. The number of ether oxygens (including phenoxy) is 3. The van der Waals surface area contributed by atoms with Gasteiger partial charge in [-0.1, -0.05) is 19.1 Å². The zero-order valence-corrected chi connectivity index (χ0v) is 14.8. The topological polar surface area (TPSA) is 56.8 Å². The minimum absolute atomic E-state index is 0.0645. The summed E-state index contributed by atoms with van der Waals surface area (Å²) in [4.78, 5) is 12.6. The molecule has 1 amide bonds. The van der Waals surface area contributed by atoms with Crippen LogP contribution in [-0.2, 0) is 0 Å². The summed E-state index contributed by atoms with van der Waals surface area (Å²) < 4.78 is 16.4. The van der Waals surface area contributed by atoms with Crippen LogP contribution < -0.4 is 19.5 Å². The van der Waals surface area contributed by atoms with Gasteiger partial charge in [0.05, 0.1) is 13.2 Å². The number of nitrogens with one attached hydrogen (secondary N) is 1. The number of aryl methyl sites for hydroxylation is 1. The molecule has 25 heavy (non-hydrogen) atoms. The minimum atomic E-state index is -0.128. The van der Waals surface area contributed by atoms with Crippen molar-refractivity contribution < 1.29 is 19.0 Å². The van der Waals surface area contributed by atoms with Crippen LogP contribution >= 0.6 is 0 Å². The second-order valence-corrected chi connectivity index (χ2v) is 6.02. The standard InChI is InChI=1S/C20H23NO4/c1-4-16(14-5-7-17(23-3)13(2)11-14)21-20(22)15-6-8-18-19(12-15)25-10-9-24-18/h5-8,11-12,16H,4,9-10H2,1-3H3,(H,21,22)/t16-/m1/s1. The van der Waals surface area contributed by atoms with Gasteiger partial charge in [0.15, 0.2) is 11.5 Å². The molecule has 0 saturated carbocycles. The van der Waals surface area contributed by atoms with E-state index in [1.54, 1.807) is 25.3 Å². The third kappa shape index (κ3) is 3.71. The van der Waals surface area contributed by atoms with Crippen molar-refractivity contribution in [1.29, 1.82) is 0 Å². The molecular weight excluding hydrogens is 318 g/mol. The summed E-state index contributed by atoms with van der Waals surface area (Å²) in [7, 11) is 1.66. The number of carbonyl (C=O) groups is 1. The van der Waals surface area contributed by atoms with Crippen molar-refractivity contribution in [1.82, 2.24) is 5.32 Å². The summed E-state index contributed by atoms with van der Waals surface area (Å²) in [6, 6.07) is 11.2. The smallest absolute Gasteiger partial charge is 0.251 e. The lowest BCUT2D eigenvalue weighted by Gasteiger charge is -2.21. The molecule has 132 valence electrons. The number of amides is 1. The zero-order chi connectivity index (χ0) is 17.8. The van der Waals surface area contributed by atoms with Crippen molar-refractivity contribution in [3.05, 3.63) is 53.1 Å². The Morgan fingerprint density at radius 3 is 2.60 bits per heavy atom. The van der Waals surface area contributed by atoms with E-state index in [0.29, 0.717) is 30.3 Å². The van der Waals surface area contributed by atoms with E-state index in [2.05, 4.69) is 11.4 Å². The van der Waals surface area contributed by atoms with Crippen LogP contribution in [0.1, 0.15) is 40.9 Å². The third-order valence-electron chi connectivity index (χ3n) is 4.34. The Morgan fingerprint density at radius 1 is 1.16 bits per heavy atom. The van der Waals surface area contributed by atoms with Gasteiger partial charge in [0.25, 0.3) is 5.91 Å². The largest absolute Gasteiger partial charge is 0.496 e. The molecule has 1 aliphatic rings. The van der Waals surface area contributed by atoms with Crippen LogP contribution in [0.4, 0.5) is 0 Å². The molecule has 0 saturated heterocycles. The molecule has 1 atom stereocenters. The van der Waals surface area contributed by atoms with E-state index in [0.717, 1.165) is 23.3 Å². The van der Waals surface area contributed by atoms with Crippen LogP contribution in [0.25, 0.3) is 0 Å². The van der Waals surface area contributed by atoms with E-state index in [1.165, 1.54) is 0 Å². The van der Waals surface area contributed by atoms with Gasteiger partial charge in [0, 0.05) is 5.56 Å². The van der Waals surface area contributed by atoms with Gasteiger partial charge in [-0.2, -0.15) is 0 Å². The molecule has 5 nitrogen and oxygen atoms in total. The minimum Gasteiger partial charge on any atom is -0.496 e. The summed E-state index contributed by atoms with van der Waals surface area (Å²) in [6.07, 6.45) is 0.794. The summed E-state index contributed by atoms with van der Waals surface area (Å²) >= 11 is 0. The Hall–Kier alpha value is -2.69. The molecule has 0 fully saturated rings. The first-order valence-corrected chi connectivity index (χ1v) is 8.47. The Labute approximate surface area is 147 Å². The van der Waals surface area contributed by atoms with E-state index >= 15 is 0 Å². The highest BCUT2D eigenvalue weighted by Gasteiger charge is 2.18. The third-order valence-corrected chi connectivity index (χ3v) is 4.34. The fraction of sp³-hybridized carbons (Fsp3) is 0.350. The molecule has 0 bridgehead atoms. The number of carbonyl (C=O) groups excluding carboxylic acids is 1. The van der Waals surface area contributed by atoms with E-state index in [9.17, 15) is 4.79 Å². The van der Waals surface area contributed by atoms with Crippen LogP contribution in [0.3, 0.4) is 0 Å². The van der Waals surface area contributed by atoms with Crippen LogP contribution in [0.5, 0.6) is 17.2 Å². The van der Waals surface area contributed by atoms with Crippen LogP contribution in [-0.4, -0.2) is 26.2 Å². The summed E-state index contributed by atoms with van der Waals surface area (Å²) in [5.74, 6) is 2.02. The number of hydrogen-bond acceptors (Lipinski definition) is 4. The Bertz CT molecular complexity index is 772. The quantitative estimate of drug-likeness (QED) is 0.902. The van der Waals surface area contributed by atoms with Crippen molar-refractivity contribution >= 4 is 5.91 Å². The lowest BCUT2D eigenvalue weighted by Crippen LogP contribution is -2.28. The molecule has 0 aliphatic carbocycles. The molecule has 0 spiro atoms. The normalized spacial score (nSPS) is 13.9. The first kappa shape index (κ1) is 17.1. The van der Waals surface area contributed by atoms with Crippen molar-refractivity contribution in [2.75, 3.05) is 20.3 Å². The lowest BCUT2D eigenvalue weighted by molar-refractivity contribution is 0.0934. The van der Waals surface area contributed by atoms with E-state index < -0.39 is 0 Å². The van der Waals surface area contributed by atoms with Gasteiger partial charge < -0.3 is 19.5 Å². The highest BCUT2D eigenvalue weighted by Crippen LogP contribution is 2.31. The van der Waals surface area contributed by atoms with Crippen molar-refractivity contribution in [3.8, 4) is 17.2 Å². The molecule has 1 aliphatic heterocycles. The van der Waals surface area contributed by atoms with Gasteiger partial charge in [-0.05, 0) is 48.7 Å². The second-order valence-electron chi connectivity index (χ2n) is 6.02. The fourth-order valence-corrected chi connectivity index (χ4v) is 2.97. The van der Waals surface area contributed by atoms with Crippen LogP contribution in [0, 0.1) is 6.92 Å². The molecule has 1 heterocycles. The number of hydrogen-bond donors (Lipinski definition) is 1. The van der Waals surface area contributed by atoms with Crippen molar-refractivity contribution in [2.45, 2.75) is 26.3 Å². The van der Waals surface area contributed by atoms with Crippen molar-refractivity contribution in [3.63, 3.8) is 0 Å². The number of rotatable bonds is 5. The van der Waals surface area contributed by atoms with Gasteiger partial charge in [0.2, 0.25) is 0 Å². The second kappa shape index (κ2) is 7.47. The van der Waals surface area contributed by atoms with E-state index in [4.69, 9.17) is 14.2 Å². The van der Waals surface area contributed by atoms with Gasteiger partial charge in [-0.3, -0.25) is 4.79 Å². The Balaban J connectivity index is 1.77. The molecule has 2 aromatic rings. The molecule has 0 radical (unpaired) electrons. The number of methoxy groups -OCH3 is 1. The van der Waals surface area contributed by atoms with Crippen LogP contribution in [0.2, 0.25) is 0 Å². The molecule has 5 heteroatoms. The molecule has 3 rings (SSSR count). The van der Waals surface area contributed by atoms with E-state index in [1.807, 2.05) is 26.0 Å². The number of benzene rings is 2. The first-order chi connectivity index (χ1) is 12.1. The number of fused-ring (bicyclic) bond motifs is 1. The average molecular weight is 341 g/mol.